The molecule has 0 spiro atoms. The van der Waals surface area contributed by atoms with Crippen LogP contribution in [-0.4, -0.2) is 23.1 Å². The highest BCUT2D eigenvalue weighted by molar-refractivity contribution is 7.80. The standard InChI is InChI=1S/C15H17N3S/c16-15(19)12-10-14(18-8-4-1-5-9-18)17-13-7-3-2-6-11(12)13/h2-3,6-7,10H,1,4-5,8-9H2,(H2,16,19). The van der Waals surface area contributed by atoms with Crippen molar-refractivity contribution in [3.8, 4) is 0 Å². The number of hydrogen-bond acceptors (Lipinski definition) is 3. The van der Waals surface area contributed by atoms with Gasteiger partial charge < -0.3 is 10.6 Å². The summed E-state index contributed by atoms with van der Waals surface area (Å²) in [4.78, 5) is 7.53. The molecule has 1 saturated heterocycles. The molecule has 0 atom stereocenters. The van der Waals surface area contributed by atoms with Crippen molar-refractivity contribution in [3.63, 3.8) is 0 Å². The fraction of sp³-hybridized carbons (Fsp3) is 0.333. The minimum Gasteiger partial charge on any atom is -0.389 e. The summed E-state index contributed by atoms with van der Waals surface area (Å²) in [6, 6.07) is 10.1. The van der Waals surface area contributed by atoms with Gasteiger partial charge in [0.15, 0.2) is 0 Å². The Morgan fingerprint density at radius 3 is 2.63 bits per heavy atom. The Morgan fingerprint density at radius 2 is 1.89 bits per heavy atom. The van der Waals surface area contributed by atoms with Crippen LogP contribution in [0.4, 0.5) is 5.82 Å². The molecule has 3 nitrogen and oxygen atoms in total. The Bertz CT molecular complexity index is 618. The summed E-state index contributed by atoms with van der Waals surface area (Å²) in [6.07, 6.45) is 3.78. The van der Waals surface area contributed by atoms with Gasteiger partial charge in [0, 0.05) is 24.0 Å². The average molecular weight is 271 g/mol. The molecule has 1 fully saturated rings. The van der Waals surface area contributed by atoms with Crippen molar-refractivity contribution in [1.29, 1.82) is 0 Å². The molecule has 0 saturated carbocycles. The quantitative estimate of drug-likeness (QED) is 0.853. The van der Waals surface area contributed by atoms with Crippen LogP contribution in [0, 0.1) is 0 Å². The maximum absolute atomic E-state index is 5.86. The van der Waals surface area contributed by atoms with Crippen LogP contribution in [0.15, 0.2) is 30.3 Å². The van der Waals surface area contributed by atoms with E-state index in [-0.39, 0.29) is 0 Å². The molecule has 1 aromatic carbocycles. The number of fused-ring (bicyclic) bond motifs is 1. The predicted molar refractivity (Wildman–Crippen MR) is 83.7 cm³/mol. The SMILES string of the molecule is NC(=S)c1cc(N2CCCCC2)nc2ccccc12. The molecule has 1 aliphatic heterocycles. The van der Waals surface area contributed by atoms with Gasteiger partial charge in [-0.3, -0.25) is 0 Å². The summed E-state index contributed by atoms with van der Waals surface area (Å²) < 4.78 is 0. The second-order valence-corrected chi connectivity index (χ2v) is 5.40. The second-order valence-electron chi connectivity index (χ2n) is 4.96. The summed E-state index contributed by atoms with van der Waals surface area (Å²) in [5, 5.41) is 1.04. The second kappa shape index (κ2) is 5.13. The maximum Gasteiger partial charge on any atom is 0.129 e. The molecule has 0 aliphatic carbocycles. The third kappa shape index (κ3) is 2.40. The molecule has 98 valence electrons. The van der Waals surface area contributed by atoms with Crippen LogP contribution in [0.3, 0.4) is 0 Å². The molecule has 3 rings (SSSR count). The minimum atomic E-state index is 0.442. The van der Waals surface area contributed by atoms with E-state index in [1.165, 1.54) is 19.3 Å². The zero-order valence-corrected chi connectivity index (χ0v) is 11.6. The molecule has 2 aromatic rings. The molecule has 1 aromatic heterocycles. The Kier molecular flexibility index (Phi) is 3.34. The van der Waals surface area contributed by atoms with Crippen molar-refractivity contribution < 1.29 is 0 Å². The predicted octanol–water partition coefficient (Wildman–Crippen LogP) is 2.86. The number of hydrogen-bond donors (Lipinski definition) is 1. The molecule has 2 heterocycles. The first-order valence-corrected chi connectivity index (χ1v) is 7.11. The van der Waals surface area contributed by atoms with Gasteiger partial charge in [0.2, 0.25) is 0 Å². The molecule has 0 bridgehead atoms. The number of benzene rings is 1. The van der Waals surface area contributed by atoms with E-state index in [9.17, 15) is 0 Å². The third-order valence-electron chi connectivity index (χ3n) is 3.65. The topological polar surface area (TPSA) is 42.1 Å². The van der Waals surface area contributed by atoms with Gasteiger partial charge in [-0.25, -0.2) is 4.98 Å². The van der Waals surface area contributed by atoms with Gasteiger partial charge in [0.05, 0.1) is 5.52 Å². The van der Waals surface area contributed by atoms with E-state index in [4.69, 9.17) is 22.9 Å². The Balaban J connectivity index is 2.12. The van der Waals surface area contributed by atoms with E-state index >= 15 is 0 Å². The van der Waals surface area contributed by atoms with E-state index in [0.29, 0.717) is 4.99 Å². The molecule has 2 N–H and O–H groups in total. The maximum atomic E-state index is 5.86. The van der Waals surface area contributed by atoms with Crippen LogP contribution in [0.2, 0.25) is 0 Å². The normalized spacial score (nSPS) is 15.7. The smallest absolute Gasteiger partial charge is 0.129 e. The van der Waals surface area contributed by atoms with Crippen molar-refractivity contribution in [2.75, 3.05) is 18.0 Å². The number of nitrogens with two attached hydrogens (primary N) is 1. The first kappa shape index (κ1) is 12.4. The van der Waals surface area contributed by atoms with Crippen LogP contribution in [0.25, 0.3) is 10.9 Å². The van der Waals surface area contributed by atoms with E-state index in [1.54, 1.807) is 0 Å². The molecule has 4 heteroatoms. The molecule has 1 aliphatic rings. The van der Waals surface area contributed by atoms with Crippen molar-refractivity contribution in [3.05, 3.63) is 35.9 Å². The van der Waals surface area contributed by atoms with Crippen molar-refractivity contribution in [1.82, 2.24) is 4.98 Å². The monoisotopic (exact) mass is 271 g/mol. The number of aromatic nitrogens is 1. The number of thiocarbonyl (C=S) groups is 1. The van der Waals surface area contributed by atoms with Gasteiger partial charge in [0.1, 0.15) is 10.8 Å². The van der Waals surface area contributed by atoms with E-state index in [2.05, 4.69) is 4.90 Å². The van der Waals surface area contributed by atoms with Crippen LogP contribution >= 0.6 is 12.2 Å². The lowest BCUT2D eigenvalue weighted by atomic mass is 10.1. The molecule has 0 amide bonds. The highest BCUT2D eigenvalue weighted by Crippen LogP contribution is 2.25. The van der Waals surface area contributed by atoms with Crippen molar-refractivity contribution in [2.24, 2.45) is 5.73 Å². The molecular formula is C15H17N3S. The number of rotatable bonds is 2. The highest BCUT2D eigenvalue weighted by atomic mass is 32.1. The van der Waals surface area contributed by atoms with Crippen molar-refractivity contribution >= 4 is 33.9 Å². The lowest BCUT2D eigenvalue weighted by Gasteiger charge is -2.28. The third-order valence-corrected chi connectivity index (χ3v) is 3.87. The fourth-order valence-corrected chi connectivity index (χ4v) is 2.82. The largest absolute Gasteiger partial charge is 0.389 e. The first-order valence-electron chi connectivity index (χ1n) is 6.70. The van der Waals surface area contributed by atoms with E-state index in [1.807, 2.05) is 30.3 Å². The number of anilines is 1. The summed E-state index contributed by atoms with van der Waals surface area (Å²) in [7, 11) is 0. The van der Waals surface area contributed by atoms with Crippen molar-refractivity contribution in [2.45, 2.75) is 19.3 Å². The fourth-order valence-electron chi connectivity index (χ4n) is 2.65. The van der Waals surface area contributed by atoms with Crippen LogP contribution in [-0.2, 0) is 0 Å². The van der Waals surface area contributed by atoms with E-state index < -0.39 is 0 Å². The Labute approximate surface area is 118 Å². The summed E-state index contributed by atoms with van der Waals surface area (Å²) in [6.45, 7) is 2.14. The summed E-state index contributed by atoms with van der Waals surface area (Å²) in [5.74, 6) is 1.00. The number of para-hydroxylation sites is 1. The van der Waals surface area contributed by atoms with E-state index in [0.717, 1.165) is 35.4 Å². The highest BCUT2D eigenvalue weighted by Gasteiger charge is 2.15. The number of pyridine rings is 1. The van der Waals surface area contributed by atoms with Gasteiger partial charge in [0.25, 0.3) is 0 Å². The molecule has 0 radical (unpaired) electrons. The van der Waals surface area contributed by atoms with Gasteiger partial charge in [-0.05, 0) is 31.4 Å². The number of piperidine rings is 1. The lowest BCUT2D eigenvalue weighted by Crippen LogP contribution is -2.30. The molecule has 19 heavy (non-hydrogen) atoms. The minimum absolute atomic E-state index is 0.442. The van der Waals surface area contributed by atoms with Gasteiger partial charge in [-0.15, -0.1) is 0 Å². The molecular weight excluding hydrogens is 254 g/mol. The van der Waals surface area contributed by atoms with Gasteiger partial charge >= 0.3 is 0 Å². The zero-order chi connectivity index (χ0) is 13.2. The lowest BCUT2D eigenvalue weighted by molar-refractivity contribution is 0.574. The van der Waals surface area contributed by atoms with Crippen LogP contribution < -0.4 is 10.6 Å². The summed E-state index contributed by atoms with van der Waals surface area (Å²) in [5.41, 5.74) is 7.76. The van der Waals surface area contributed by atoms with Gasteiger partial charge in [-0.2, -0.15) is 0 Å². The van der Waals surface area contributed by atoms with Gasteiger partial charge in [-0.1, -0.05) is 30.4 Å². The van der Waals surface area contributed by atoms with Crippen LogP contribution in [0.5, 0.6) is 0 Å². The summed E-state index contributed by atoms with van der Waals surface area (Å²) >= 11 is 5.18. The Morgan fingerprint density at radius 1 is 1.16 bits per heavy atom. The average Bonchev–Trinajstić information content (AvgIpc) is 2.47. The Hall–Kier alpha value is -1.68. The first-order chi connectivity index (χ1) is 9.25. The molecule has 0 unspecified atom stereocenters. The number of nitrogens with zero attached hydrogens (tertiary/aromatic N) is 2. The van der Waals surface area contributed by atoms with Crippen LogP contribution in [0.1, 0.15) is 24.8 Å². The zero-order valence-electron chi connectivity index (χ0n) is 10.8.